The van der Waals surface area contributed by atoms with Crippen LogP contribution in [0.2, 0.25) is 5.02 Å². The maximum Gasteiger partial charge on any atom is 0.254 e. The first kappa shape index (κ1) is 58.8. The summed E-state index contributed by atoms with van der Waals surface area (Å²) >= 11 is 6.21. The number of hydrogen-bond acceptors (Lipinski definition) is 11. The summed E-state index contributed by atoms with van der Waals surface area (Å²) in [6.45, 7) is 0.436. The molecule has 0 bridgehead atoms. The summed E-state index contributed by atoms with van der Waals surface area (Å²) in [5.74, 6) is -5.25. The Morgan fingerprint density at radius 3 is 1.99 bits per heavy atom. The molecule has 20 heteroatoms. The Morgan fingerprint density at radius 1 is 0.688 bits per heavy atom. The number of carbonyl (C=O) groups is 6. The van der Waals surface area contributed by atoms with E-state index >= 15 is 0 Å². The second-order valence-corrected chi connectivity index (χ2v) is 19.7. The lowest BCUT2D eigenvalue weighted by Gasteiger charge is -2.32. The van der Waals surface area contributed by atoms with Gasteiger partial charge in [0.15, 0.2) is 5.96 Å². The van der Waals surface area contributed by atoms with Gasteiger partial charge in [0, 0.05) is 54.9 Å². The Balaban J connectivity index is 1.15. The Kier molecular flexibility index (Phi) is 21.0. The van der Waals surface area contributed by atoms with Crippen LogP contribution in [0.15, 0.2) is 152 Å². The SMILES string of the molecule is CC(=O)N(C(=O)[C@H](CO)NC(=O)[C@@H](Cc1c[nH]c2ccccc12)NC(=O)[C@H](Cc1ccc(Cl)cc1)NC(=O)[C@@H](N)Cc1ccc2ccccc2c1)[C@@H](Cc1ccc(OCc2ccccc2)cc1)C(=O)N[C@@H]([C]=O)CCCNC(=N)N. The molecule has 0 unspecified atom stereocenters. The van der Waals surface area contributed by atoms with E-state index in [9.17, 15) is 38.7 Å². The summed E-state index contributed by atoms with van der Waals surface area (Å²) in [5, 5.41) is 34.7. The molecule has 19 nitrogen and oxygen atoms in total. The van der Waals surface area contributed by atoms with Gasteiger partial charge >= 0.3 is 0 Å². The molecule has 415 valence electrons. The molecular formula is C60H64ClN10O9. The van der Waals surface area contributed by atoms with Gasteiger partial charge in [0.1, 0.15) is 36.5 Å². The van der Waals surface area contributed by atoms with Crippen molar-refractivity contribution in [2.45, 2.75) is 88.3 Å². The number of aliphatic hydroxyl groups is 1. The smallest absolute Gasteiger partial charge is 0.254 e. The largest absolute Gasteiger partial charge is 0.489 e. The summed E-state index contributed by atoms with van der Waals surface area (Å²) < 4.78 is 5.94. The number of hydrogen-bond donors (Lipinski definition) is 10. The molecule has 12 N–H and O–H groups in total. The first-order chi connectivity index (χ1) is 38.6. The molecule has 1 heterocycles. The molecular weight excluding hydrogens is 1040 g/mol. The molecule has 0 saturated heterocycles. The number of aromatic nitrogens is 1. The van der Waals surface area contributed by atoms with E-state index < -0.39 is 78.3 Å². The average Bonchev–Trinajstić information content (AvgIpc) is 3.90. The number of nitrogens with one attached hydrogen (secondary N) is 7. The Hall–Kier alpha value is -8.91. The number of carbonyl (C=O) groups excluding carboxylic acids is 7. The average molecular weight is 1100 g/mol. The van der Waals surface area contributed by atoms with Crippen molar-refractivity contribution in [1.82, 2.24) is 36.5 Å². The maximum atomic E-state index is 14.8. The Bertz CT molecular complexity index is 3290. The first-order valence-corrected chi connectivity index (χ1v) is 26.4. The number of H-pyrrole nitrogens is 1. The lowest BCUT2D eigenvalue weighted by atomic mass is 9.99. The number of para-hydroxylation sites is 1. The van der Waals surface area contributed by atoms with Gasteiger partial charge in [-0.2, -0.15) is 0 Å². The Labute approximate surface area is 467 Å². The highest BCUT2D eigenvalue weighted by molar-refractivity contribution is 6.30. The van der Waals surface area contributed by atoms with Crippen molar-refractivity contribution in [3.63, 3.8) is 0 Å². The van der Waals surface area contributed by atoms with Crippen molar-refractivity contribution >= 4 is 81.0 Å². The highest BCUT2D eigenvalue weighted by atomic mass is 35.5. The van der Waals surface area contributed by atoms with Crippen LogP contribution in [-0.2, 0) is 65.9 Å². The molecule has 0 fully saturated rings. The summed E-state index contributed by atoms with van der Waals surface area (Å²) in [4.78, 5) is 102. The van der Waals surface area contributed by atoms with E-state index in [1.54, 1.807) is 67.1 Å². The molecule has 7 rings (SSSR count). The highest BCUT2D eigenvalue weighted by Gasteiger charge is 2.39. The highest BCUT2D eigenvalue weighted by Crippen LogP contribution is 2.22. The quantitative estimate of drug-likeness (QED) is 0.0197. The number of halogens is 1. The maximum absolute atomic E-state index is 14.8. The number of rotatable bonds is 27. The lowest BCUT2D eigenvalue weighted by Crippen LogP contribution is -2.62. The molecule has 80 heavy (non-hydrogen) atoms. The van der Waals surface area contributed by atoms with Gasteiger partial charge < -0.3 is 52.9 Å². The third kappa shape index (κ3) is 16.6. The van der Waals surface area contributed by atoms with Crippen molar-refractivity contribution < 1.29 is 43.4 Å². The summed E-state index contributed by atoms with van der Waals surface area (Å²) in [7, 11) is 0. The van der Waals surface area contributed by atoms with E-state index in [1.807, 2.05) is 91.0 Å². The zero-order valence-corrected chi connectivity index (χ0v) is 44.7. The van der Waals surface area contributed by atoms with Crippen LogP contribution in [0.1, 0.15) is 47.6 Å². The Morgan fingerprint density at radius 2 is 1.30 bits per heavy atom. The molecule has 6 aromatic carbocycles. The van der Waals surface area contributed by atoms with Crippen molar-refractivity contribution in [2.24, 2.45) is 11.5 Å². The first-order valence-electron chi connectivity index (χ1n) is 26.0. The molecule has 0 aliphatic rings. The zero-order chi connectivity index (χ0) is 57.1. The topological polar surface area (TPSA) is 304 Å². The second-order valence-electron chi connectivity index (χ2n) is 19.3. The number of imide groups is 1. The third-order valence-corrected chi connectivity index (χ3v) is 13.6. The van der Waals surface area contributed by atoms with E-state index in [4.69, 9.17) is 33.2 Å². The van der Waals surface area contributed by atoms with Crippen LogP contribution in [0.5, 0.6) is 5.75 Å². The molecule has 6 amide bonds. The minimum absolute atomic E-state index is 0.0466. The van der Waals surface area contributed by atoms with Crippen molar-refractivity contribution in [3.05, 3.63) is 185 Å². The minimum Gasteiger partial charge on any atom is -0.489 e. The van der Waals surface area contributed by atoms with Crippen molar-refractivity contribution in [3.8, 4) is 5.75 Å². The number of aliphatic hydroxyl groups excluding tert-OH is 1. The van der Waals surface area contributed by atoms with E-state index in [-0.39, 0.29) is 57.6 Å². The van der Waals surface area contributed by atoms with Gasteiger partial charge in [0.25, 0.3) is 5.91 Å². The standard InChI is InChI=1S/C60H64ClN10O9/c1-37(74)71(54(58(78)67-46(34-72)14-9-27-65-60(63)64)31-39-20-25-47(26-21-39)80-36-40-10-3-2-4-11-40)59(79)53(35-73)70-57(77)52(32-44-33-66-50-16-8-7-15-48(44)50)69-56(76)51(30-38-18-23-45(61)24-19-38)68-55(75)49(62)29-41-17-22-42-12-5-6-13-43(42)28-41/h2-8,10-13,15-26,28,33,46,49,51-54,66,73H,9,14,27,29-32,35-36,62H2,1H3,(H,67,78)(H,68,75)(H,69,76)(H,70,77)(H4,63,64,65)/t46-,49+,51+,52-,53+,54+/m1/s1. The van der Waals surface area contributed by atoms with Crippen LogP contribution in [-0.4, -0.2) is 112 Å². The number of ether oxygens (including phenoxy) is 1. The van der Waals surface area contributed by atoms with Crippen LogP contribution in [0.3, 0.4) is 0 Å². The molecule has 0 spiro atoms. The molecule has 1 radical (unpaired) electrons. The van der Waals surface area contributed by atoms with Gasteiger partial charge in [-0.1, -0.05) is 127 Å². The number of nitrogens with zero attached hydrogens (tertiary/aromatic N) is 1. The second kappa shape index (κ2) is 28.6. The number of amides is 6. The predicted molar refractivity (Wildman–Crippen MR) is 305 cm³/mol. The van der Waals surface area contributed by atoms with Crippen LogP contribution in [0, 0.1) is 5.41 Å². The molecule has 6 atom stereocenters. The van der Waals surface area contributed by atoms with Crippen LogP contribution < -0.4 is 42.8 Å². The van der Waals surface area contributed by atoms with Crippen LogP contribution in [0.4, 0.5) is 0 Å². The van der Waals surface area contributed by atoms with Gasteiger partial charge in [-0.3, -0.25) is 43.9 Å². The minimum atomic E-state index is -1.87. The van der Waals surface area contributed by atoms with E-state index in [0.717, 1.165) is 34.3 Å². The van der Waals surface area contributed by atoms with Gasteiger partial charge in [-0.05, 0) is 88.2 Å². The fourth-order valence-electron chi connectivity index (χ4n) is 9.16. The van der Waals surface area contributed by atoms with Gasteiger partial charge in [0.2, 0.25) is 35.8 Å². The number of nitrogens with two attached hydrogens (primary N) is 2. The summed E-state index contributed by atoms with van der Waals surface area (Å²) in [5.41, 5.74) is 16.0. The number of guanidine groups is 1. The summed E-state index contributed by atoms with van der Waals surface area (Å²) in [6.07, 6.45) is 3.38. The van der Waals surface area contributed by atoms with Crippen LogP contribution >= 0.6 is 11.6 Å². The van der Waals surface area contributed by atoms with E-state index in [0.29, 0.717) is 37.7 Å². The van der Waals surface area contributed by atoms with Gasteiger partial charge in [-0.15, -0.1) is 0 Å². The fraction of sp³-hybridized carbons (Fsp3) is 0.267. The summed E-state index contributed by atoms with van der Waals surface area (Å²) in [6, 6.07) is 34.8. The third-order valence-electron chi connectivity index (χ3n) is 13.4. The van der Waals surface area contributed by atoms with E-state index in [1.165, 1.54) is 0 Å². The molecule has 1 aromatic heterocycles. The number of benzene rings is 6. The van der Waals surface area contributed by atoms with Gasteiger partial charge in [-0.25, -0.2) is 0 Å². The predicted octanol–water partition coefficient (Wildman–Crippen LogP) is 4.20. The normalized spacial score (nSPS) is 13.3. The molecule has 0 saturated carbocycles. The molecule has 7 aromatic rings. The number of fused-ring (bicyclic) bond motifs is 2. The van der Waals surface area contributed by atoms with Crippen molar-refractivity contribution in [1.29, 1.82) is 5.41 Å². The van der Waals surface area contributed by atoms with E-state index in [2.05, 4.69) is 31.6 Å². The monoisotopic (exact) mass is 1100 g/mol. The fourth-order valence-corrected chi connectivity index (χ4v) is 9.28. The molecule has 0 aliphatic heterocycles. The zero-order valence-electron chi connectivity index (χ0n) is 44.0. The van der Waals surface area contributed by atoms with Gasteiger partial charge in [0.05, 0.1) is 18.7 Å². The lowest BCUT2D eigenvalue weighted by molar-refractivity contribution is -0.153. The van der Waals surface area contributed by atoms with Crippen LogP contribution in [0.25, 0.3) is 21.7 Å². The molecule has 0 aliphatic carbocycles. The number of aromatic amines is 1. The van der Waals surface area contributed by atoms with Crippen molar-refractivity contribution in [2.75, 3.05) is 13.2 Å².